The quantitative estimate of drug-likeness (QED) is 0.742. The first-order chi connectivity index (χ1) is 7.16. The second kappa shape index (κ2) is 5.17. The van der Waals surface area contributed by atoms with Crippen molar-refractivity contribution in [3.8, 4) is 0 Å². The number of alkyl halides is 1. The molecule has 0 aliphatic carbocycles. The fraction of sp³-hybridized carbons (Fsp3) is 0.636. The van der Waals surface area contributed by atoms with Crippen LogP contribution in [0.1, 0.15) is 24.6 Å². The van der Waals surface area contributed by atoms with Gasteiger partial charge in [-0.2, -0.15) is 0 Å². The van der Waals surface area contributed by atoms with Gasteiger partial charge in [-0.1, -0.05) is 27.5 Å². The zero-order valence-electron chi connectivity index (χ0n) is 8.75. The minimum Gasteiger partial charge on any atom is -0.294 e. The van der Waals surface area contributed by atoms with Crippen molar-refractivity contribution in [1.82, 2.24) is 4.90 Å². The predicted octanol–water partition coefficient (Wildman–Crippen LogP) is 4.15. The molecule has 2 unspecified atom stereocenters. The molecule has 2 rings (SSSR count). The molecule has 1 aromatic rings. The summed E-state index contributed by atoms with van der Waals surface area (Å²) >= 11 is 11.6. The largest absolute Gasteiger partial charge is 0.294 e. The summed E-state index contributed by atoms with van der Waals surface area (Å²) in [5, 5.41) is 2.99. The third-order valence-electron chi connectivity index (χ3n) is 2.99. The summed E-state index contributed by atoms with van der Waals surface area (Å²) in [6, 6.07) is 2.67. The number of piperidine rings is 1. The molecule has 0 radical (unpaired) electrons. The Bertz CT molecular complexity index is 328. The molecule has 0 aromatic carbocycles. The molecule has 0 amide bonds. The molecule has 4 heteroatoms. The van der Waals surface area contributed by atoms with Gasteiger partial charge < -0.3 is 0 Å². The molecule has 0 bridgehead atoms. The minimum atomic E-state index is 0.646. The minimum absolute atomic E-state index is 0.646. The van der Waals surface area contributed by atoms with E-state index in [1.165, 1.54) is 17.7 Å². The lowest BCUT2D eigenvalue weighted by molar-refractivity contribution is 0.160. The van der Waals surface area contributed by atoms with E-state index >= 15 is 0 Å². The zero-order valence-corrected chi connectivity index (χ0v) is 11.9. The second-order valence-corrected chi connectivity index (χ2v) is 6.85. The Labute approximate surface area is 109 Å². The number of thiophene rings is 1. The fourth-order valence-electron chi connectivity index (χ4n) is 1.97. The van der Waals surface area contributed by atoms with Gasteiger partial charge in [0.2, 0.25) is 0 Å². The van der Waals surface area contributed by atoms with E-state index in [0.29, 0.717) is 10.9 Å². The maximum Gasteiger partial charge on any atom is 0.0558 e. The highest BCUT2D eigenvalue weighted by atomic mass is 79.9. The number of halogens is 2. The highest BCUT2D eigenvalue weighted by Crippen LogP contribution is 2.28. The van der Waals surface area contributed by atoms with Crippen LogP contribution in [0, 0.1) is 0 Å². The van der Waals surface area contributed by atoms with Crippen LogP contribution < -0.4 is 0 Å². The van der Waals surface area contributed by atoms with Gasteiger partial charge in [-0.05, 0) is 31.2 Å². The van der Waals surface area contributed by atoms with Gasteiger partial charge in [0.15, 0.2) is 0 Å². The SMILES string of the molecule is CC1CCC(Br)CN1Cc1sccc1Cl. The van der Waals surface area contributed by atoms with Crippen LogP contribution in [0.3, 0.4) is 0 Å². The monoisotopic (exact) mass is 307 g/mol. The van der Waals surface area contributed by atoms with Crippen LogP contribution in [-0.4, -0.2) is 22.3 Å². The van der Waals surface area contributed by atoms with E-state index in [1.54, 1.807) is 11.3 Å². The molecule has 1 aliphatic rings. The Balaban J connectivity index is 2.01. The molecule has 0 saturated carbocycles. The Morgan fingerprint density at radius 2 is 2.40 bits per heavy atom. The molecule has 1 aliphatic heterocycles. The smallest absolute Gasteiger partial charge is 0.0558 e. The molecular formula is C11H15BrClNS. The van der Waals surface area contributed by atoms with Crippen LogP contribution in [0.5, 0.6) is 0 Å². The topological polar surface area (TPSA) is 3.24 Å². The third kappa shape index (κ3) is 2.96. The van der Waals surface area contributed by atoms with Crippen molar-refractivity contribution in [3.63, 3.8) is 0 Å². The summed E-state index contributed by atoms with van der Waals surface area (Å²) in [6.45, 7) is 4.44. The van der Waals surface area contributed by atoms with Gasteiger partial charge in [-0.3, -0.25) is 4.90 Å². The maximum atomic E-state index is 6.12. The van der Waals surface area contributed by atoms with Gasteiger partial charge in [0.1, 0.15) is 0 Å². The van der Waals surface area contributed by atoms with E-state index in [0.717, 1.165) is 18.1 Å². The van der Waals surface area contributed by atoms with Gasteiger partial charge in [0, 0.05) is 28.8 Å². The van der Waals surface area contributed by atoms with E-state index in [9.17, 15) is 0 Å². The number of hydrogen-bond donors (Lipinski definition) is 0. The number of likely N-dealkylation sites (tertiary alicyclic amines) is 1. The van der Waals surface area contributed by atoms with Crippen LogP contribution in [0.15, 0.2) is 11.4 Å². The summed E-state index contributed by atoms with van der Waals surface area (Å²) < 4.78 is 0. The first kappa shape index (κ1) is 11.9. The molecule has 2 heterocycles. The van der Waals surface area contributed by atoms with Crippen LogP contribution in [0.25, 0.3) is 0 Å². The van der Waals surface area contributed by atoms with Crippen molar-refractivity contribution in [2.75, 3.05) is 6.54 Å². The first-order valence-electron chi connectivity index (χ1n) is 5.27. The predicted molar refractivity (Wildman–Crippen MR) is 71.2 cm³/mol. The second-order valence-electron chi connectivity index (χ2n) is 4.14. The Kier molecular flexibility index (Phi) is 4.10. The molecule has 1 nitrogen and oxygen atoms in total. The maximum absolute atomic E-state index is 6.12. The average molecular weight is 309 g/mol. The summed E-state index contributed by atoms with van der Waals surface area (Å²) in [7, 11) is 0. The fourth-order valence-corrected chi connectivity index (χ4v) is 3.73. The van der Waals surface area contributed by atoms with Gasteiger partial charge >= 0.3 is 0 Å². The standard InChI is InChI=1S/C11H15BrClNS/c1-8-2-3-9(12)6-14(8)7-11-10(13)4-5-15-11/h4-5,8-9H,2-3,6-7H2,1H3. The van der Waals surface area contributed by atoms with Crippen molar-refractivity contribution in [3.05, 3.63) is 21.3 Å². The summed E-state index contributed by atoms with van der Waals surface area (Å²) in [5.74, 6) is 0. The van der Waals surface area contributed by atoms with Gasteiger partial charge in [-0.15, -0.1) is 11.3 Å². The summed E-state index contributed by atoms with van der Waals surface area (Å²) in [4.78, 5) is 4.46. The number of hydrogen-bond acceptors (Lipinski definition) is 2. The Hall–Kier alpha value is 0.430. The molecular weight excluding hydrogens is 294 g/mol. The molecule has 0 N–H and O–H groups in total. The Morgan fingerprint density at radius 1 is 1.60 bits per heavy atom. The average Bonchev–Trinajstić information content (AvgIpc) is 2.58. The highest BCUT2D eigenvalue weighted by molar-refractivity contribution is 9.09. The summed E-state index contributed by atoms with van der Waals surface area (Å²) in [6.07, 6.45) is 2.56. The van der Waals surface area contributed by atoms with Crippen LogP contribution in [-0.2, 0) is 6.54 Å². The lowest BCUT2D eigenvalue weighted by Crippen LogP contribution is -2.41. The molecule has 2 atom stereocenters. The van der Waals surface area contributed by atoms with Crippen LogP contribution in [0.2, 0.25) is 5.02 Å². The molecule has 0 spiro atoms. The molecule has 15 heavy (non-hydrogen) atoms. The van der Waals surface area contributed by atoms with Gasteiger partial charge in [0.05, 0.1) is 5.02 Å². The van der Waals surface area contributed by atoms with E-state index < -0.39 is 0 Å². The molecule has 1 saturated heterocycles. The molecule has 1 aromatic heterocycles. The van der Waals surface area contributed by atoms with E-state index in [-0.39, 0.29) is 0 Å². The number of nitrogens with zero attached hydrogens (tertiary/aromatic N) is 1. The molecule has 1 fully saturated rings. The van der Waals surface area contributed by atoms with Crippen molar-refractivity contribution >= 4 is 38.9 Å². The normalized spacial score (nSPS) is 28.2. The van der Waals surface area contributed by atoms with E-state index in [2.05, 4.69) is 33.1 Å². The first-order valence-corrected chi connectivity index (χ1v) is 7.44. The number of rotatable bonds is 2. The van der Waals surface area contributed by atoms with Crippen molar-refractivity contribution in [1.29, 1.82) is 0 Å². The summed E-state index contributed by atoms with van der Waals surface area (Å²) in [5.41, 5.74) is 0. The van der Waals surface area contributed by atoms with Crippen LogP contribution in [0.4, 0.5) is 0 Å². The van der Waals surface area contributed by atoms with Crippen molar-refractivity contribution in [2.24, 2.45) is 0 Å². The highest BCUT2D eigenvalue weighted by Gasteiger charge is 2.24. The van der Waals surface area contributed by atoms with E-state index in [4.69, 9.17) is 11.6 Å². The van der Waals surface area contributed by atoms with Crippen molar-refractivity contribution < 1.29 is 0 Å². The lowest BCUT2D eigenvalue weighted by atomic mass is 10.0. The lowest BCUT2D eigenvalue weighted by Gasteiger charge is -2.35. The van der Waals surface area contributed by atoms with Crippen molar-refractivity contribution in [2.45, 2.75) is 37.2 Å². The van der Waals surface area contributed by atoms with Gasteiger partial charge in [0.25, 0.3) is 0 Å². The van der Waals surface area contributed by atoms with E-state index in [1.807, 2.05) is 6.07 Å². The zero-order chi connectivity index (χ0) is 10.8. The third-order valence-corrected chi connectivity index (χ3v) is 5.11. The molecule has 84 valence electrons. The van der Waals surface area contributed by atoms with Crippen LogP contribution >= 0.6 is 38.9 Å². The Morgan fingerprint density at radius 3 is 3.07 bits per heavy atom. The van der Waals surface area contributed by atoms with Gasteiger partial charge in [-0.25, -0.2) is 0 Å².